The number of hydrogen-bond donors (Lipinski definition) is 1. The molecule has 0 unspecified atom stereocenters. The van der Waals surface area contributed by atoms with Crippen LogP contribution in [0.5, 0.6) is 11.5 Å². The van der Waals surface area contributed by atoms with Gasteiger partial charge in [-0.15, -0.1) is 0 Å². The smallest absolute Gasteiger partial charge is 0.133 e. The maximum atomic E-state index is 5.97. The number of fused-ring (bicyclic) bond motifs is 1. The first-order valence-electron chi connectivity index (χ1n) is 11.6. The average Bonchev–Trinajstić information content (AvgIpc) is 3.03. The van der Waals surface area contributed by atoms with Gasteiger partial charge in [-0.05, 0) is 55.2 Å². The van der Waals surface area contributed by atoms with E-state index in [9.17, 15) is 0 Å². The summed E-state index contributed by atoms with van der Waals surface area (Å²) >= 11 is 0. The minimum atomic E-state index is 0.558. The number of nitrogens with zero attached hydrogens (tertiary/aromatic N) is 2. The quantitative estimate of drug-likeness (QED) is 0.395. The van der Waals surface area contributed by atoms with Crippen molar-refractivity contribution in [1.29, 1.82) is 0 Å². The molecule has 0 aliphatic carbocycles. The molecule has 0 atom stereocenters. The summed E-state index contributed by atoms with van der Waals surface area (Å²) in [6.07, 6.45) is 4.11. The zero-order valence-electron chi connectivity index (χ0n) is 19.0. The number of hydrogen-bond acceptors (Lipinski definition) is 4. The Balaban J connectivity index is 1.41. The molecular formula is C28H29N3O2. The molecule has 0 radical (unpaired) electrons. The van der Waals surface area contributed by atoms with Crippen LogP contribution in [0.15, 0.2) is 78.9 Å². The Morgan fingerprint density at radius 1 is 0.909 bits per heavy atom. The fraction of sp³-hybridized carbons (Fsp3) is 0.250. The number of rotatable bonds is 7. The molecule has 3 aromatic carbocycles. The van der Waals surface area contributed by atoms with Crippen molar-refractivity contribution in [2.24, 2.45) is 0 Å². The average molecular weight is 440 g/mol. The molecule has 0 amide bonds. The molecule has 0 saturated carbocycles. The van der Waals surface area contributed by atoms with Crippen LogP contribution in [0, 0.1) is 0 Å². The van der Waals surface area contributed by atoms with Gasteiger partial charge in [0.2, 0.25) is 0 Å². The van der Waals surface area contributed by atoms with Crippen molar-refractivity contribution < 1.29 is 9.47 Å². The normalized spacial score (nSPS) is 13.0. The lowest BCUT2D eigenvalue weighted by Crippen LogP contribution is -2.07. The van der Waals surface area contributed by atoms with E-state index in [4.69, 9.17) is 14.6 Å². The van der Waals surface area contributed by atoms with Gasteiger partial charge in [-0.25, -0.2) is 4.68 Å². The van der Waals surface area contributed by atoms with Crippen LogP contribution in [0.2, 0.25) is 0 Å². The van der Waals surface area contributed by atoms with Gasteiger partial charge in [0.25, 0.3) is 0 Å². The fourth-order valence-corrected chi connectivity index (χ4v) is 4.36. The topological polar surface area (TPSA) is 48.3 Å². The summed E-state index contributed by atoms with van der Waals surface area (Å²) in [4.78, 5) is 0. The summed E-state index contributed by atoms with van der Waals surface area (Å²) < 4.78 is 13.6. The third-order valence-corrected chi connectivity index (χ3v) is 6.09. The van der Waals surface area contributed by atoms with Gasteiger partial charge in [-0.2, -0.15) is 5.10 Å². The highest BCUT2D eigenvalue weighted by atomic mass is 16.5. The van der Waals surface area contributed by atoms with Gasteiger partial charge in [0.1, 0.15) is 23.9 Å². The van der Waals surface area contributed by atoms with E-state index in [1.165, 1.54) is 5.56 Å². The summed E-state index contributed by atoms with van der Waals surface area (Å²) in [5, 5.41) is 8.68. The fourth-order valence-electron chi connectivity index (χ4n) is 4.36. The van der Waals surface area contributed by atoms with Gasteiger partial charge >= 0.3 is 0 Å². The molecule has 1 N–H and O–H groups in total. The molecule has 1 aliphatic rings. The molecule has 5 nitrogen and oxygen atoms in total. The van der Waals surface area contributed by atoms with Gasteiger partial charge in [0, 0.05) is 24.1 Å². The monoisotopic (exact) mass is 439 g/mol. The van der Waals surface area contributed by atoms with E-state index < -0.39 is 0 Å². The molecule has 0 spiro atoms. The Hall–Kier alpha value is -3.73. The lowest BCUT2D eigenvalue weighted by molar-refractivity contribution is 0.306. The van der Waals surface area contributed by atoms with Crippen molar-refractivity contribution in [3.8, 4) is 17.2 Å². The van der Waals surface area contributed by atoms with Crippen molar-refractivity contribution in [1.82, 2.24) is 9.78 Å². The minimum Gasteiger partial charge on any atom is -0.496 e. The summed E-state index contributed by atoms with van der Waals surface area (Å²) in [6, 6.07) is 26.6. The summed E-state index contributed by atoms with van der Waals surface area (Å²) in [7, 11) is 1.72. The molecule has 1 aromatic heterocycles. The van der Waals surface area contributed by atoms with Crippen LogP contribution in [-0.2, 0) is 19.4 Å². The van der Waals surface area contributed by atoms with Gasteiger partial charge < -0.3 is 14.8 Å². The molecule has 5 rings (SSSR count). The second-order valence-corrected chi connectivity index (χ2v) is 8.33. The second kappa shape index (κ2) is 9.82. The molecule has 0 bridgehead atoms. The maximum absolute atomic E-state index is 5.97. The van der Waals surface area contributed by atoms with Gasteiger partial charge in [0.05, 0.1) is 18.5 Å². The molecule has 1 aliphatic heterocycles. The maximum Gasteiger partial charge on any atom is 0.133 e. The van der Waals surface area contributed by atoms with E-state index in [0.29, 0.717) is 6.61 Å². The molecule has 0 fully saturated rings. The van der Waals surface area contributed by atoms with Crippen molar-refractivity contribution in [3.05, 3.63) is 101 Å². The predicted octanol–water partition coefficient (Wildman–Crippen LogP) is 5.80. The Labute approximate surface area is 195 Å². The van der Waals surface area contributed by atoms with E-state index >= 15 is 0 Å². The number of benzene rings is 3. The van der Waals surface area contributed by atoms with Crippen LogP contribution in [0.4, 0.5) is 5.82 Å². The first-order chi connectivity index (χ1) is 16.3. The first kappa shape index (κ1) is 21.1. The van der Waals surface area contributed by atoms with E-state index in [-0.39, 0.29) is 0 Å². The van der Waals surface area contributed by atoms with Crippen LogP contribution in [0.3, 0.4) is 0 Å². The summed E-state index contributed by atoms with van der Waals surface area (Å²) in [5.74, 6) is 2.86. The Kier molecular flexibility index (Phi) is 6.29. The standard InChI is InChI=1S/C28H29N3O2/c1-32-27-13-6-5-11-22(27)19-26-25-12-7-8-18-29-28(25)31(30-26)23-14-16-24(17-15-23)33-20-21-9-3-2-4-10-21/h2-6,9-11,13-17,29H,7-8,12,18-20H2,1H3. The SMILES string of the molecule is COc1ccccc1Cc1nn(-c2ccc(OCc3ccccc3)cc2)c2c1CCCCN2. The third-order valence-electron chi connectivity index (χ3n) is 6.09. The van der Waals surface area contributed by atoms with Crippen molar-refractivity contribution in [3.63, 3.8) is 0 Å². The Morgan fingerprint density at radius 3 is 2.52 bits per heavy atom. The Bertz CT molecular complexity index is 1200. The largest absolute Gasteiger partial charge is 0.496 e. The minimum absolute atomic E-state index is 0.558. The summed E-state index contributed by atoms with van der Waals surface area (Å²) in [6.45, 7) is 1.52. The Morgan fingerprint density at radius 2 is 1.70 bits per heavy atom. The van der Waals surface area contributed by atoms with Crippen LogP contribution < -0.4 is 14.8 Å². The number of nitrogens with one attached hydrogen (secondary N) is 1. The van der Waals surface area contributed by atoms with Crippen LogP contribution in [-0.4, -0.2) is 23.4 Å². The van der Waals surface area contributed by atoms with Gasteiger partial charge in [0.15, 0.2) is 0 Å². The zero-order chi connectivity index (χ0) is 22.5. The van der Waals surface area contributed by atoms with Crippen LogP contribution in [0.25, 0.3) is 5.69 Å². The number of methoxy groups -OCH3 is 1. The molecule has 4 aromatic rings. The van der Waals surface area contributed by atoms with E-state index in [2.05, 4.69) is 41.7 Å². The second-order valence-electron chi connectivity index (χ2n) is 8.33. The molecule has 5 heteroatoms. The number of aromatic nitrogens is 2. The highest BCUT2D eigenvalue weighted by Gasteiger charge is 2.21. The van der Waals surface area contributed by atoms with E-state index in [0.717, 1.165) is 72.1 Å². The van der Waals surface area contributed by atoms with E-state index in [1.807, 2.05) is 47.1 Å². The summed E-state index contributed by atoms with van der Waals surface area (Å²) in [5.41, 5.74) is 5.75. The van der Waals surface area contributed by atoms with Gasteiger partial charge in [-0.1, -0.05) is 48.5 Å². The molecule has 2 heterocycles. The van der Waals surface area contributed by atoms with Crippen molar-refractivity contribution in [2.45, 2.75) is 32.3 Å². The van der Waals surface area contributed by atoms with Crippen LogP contribution in [0.1, 0.15) is 35.2 Å². The van der Waals surface area contributed by atoms with Gasteiger partial charge in [-0.3, -0.25) is 0 Å². The zero-order valence-corrected chi connectivity index (χ0v) is 19.0. The highest BCUT2D eigenvalue weighted by Crippen LogP contribution is 2.31. The molecule has 33 heavy (non-hydrogen) atoms. The van der Waals surface area contributed by atoms with Crippen molar-refractivity contribution in [2.75, 3.05) is 19.0 Å². The van der Waals surface area contributed by atoms with E-state index in [1.54, 1.807) is 7.11 Å². The third kappa shape index (κ3) is 4.72. The lowest BCUT2D eigenvalue weighted by atomic mass is 10.0. The molecule has 168 valence electrons. The molecular weight excluding hydrogens is 410 g/mol. The first-order valence-corrected chi connectivity index (χ1v) is 11.6. The molecule has 0 saturated heterocycles. The predicted molar refractivity (Wildman–Crippen MR) is 132 cm³/mol. The number of para-hydroxylation sites is 1. The highest BCUT2D eigenvalue weighted by molar-refractivity contribution is 5.56. The number of ether oxygens (including phenoxy) is 2. The number of anilines is 1. The lowest BCUT2D eigenvalue weighted by Gasteiger charge is -2.11. The van der Waals surface area contributed by atoms with Crippen LogP contribution >= 0.6 is 0 Å². The van der Waals surface area contributed by atoms with Crippen molar-refractivity contribution >= 4 is 5.82 Å².